The minimum atomic E-state index is 0.289. The molecule has 0 aromatic heterocycles. The molecule has 1 aromatic carbocycles. The average molecular weight is 241 g/mol. The van der Waals surface area contributed by atoms with E-state index in [0.717, 1.165) is 18.5 Å². The molecule has 0 aliphatic rings. The number of nitrogens with one attached hydrogen (secondary N) is 1. The van der Waals surface area contributed by atoms with Crippen LogP contribution in [-0.4, -0.2) is 30.8 Å². The van der Waals surface area contributed by atoms with Crippen molar-refractivity contribution < 1.29 is 9.84 Å². The molecule has 0 radical (unpaired) electrons. The lowest BCUT2D eigenvalue weighted by molar-refractivity contribution is 0.406. The first-order valence-corrected chi connectivity index (χ1v) is 6.73. The second-order valence-corrected chi connectivity index (χ2v) is 4.50. The zero-order valence-corrected chi connectivity index (χ0v) is 10.6. The van der Waals surface area contributed by atoms with Crippen LogP contribution in [0.1, 0.15) is 12.0 Å². The molecule has 0 fully saturated rings. The summed E-state index contributed by atoms with van der Waals surface area (Å²) in [5, 5.41) is 13.0. The molecule has 1 rings (SSSR count). The number of aromatic hydroxyl groups is 1. The highest BCUT2D eigenvalue weighted by atomic mass is 32.2. The van der Waals surface area contributed by atoms with Gasteiger partial charge in [-0.3, -0.25) is 0 Å². The molecule has 1 aromatic rings. The number of hydrogen-bond acceptors (Lipinski definition) is 4. The fourth-order valence-electron chi connectivity index (χ4n) is 1.38. The van der Waals surface area contributed by atoms with Gasteiger partial charge in [-0.1, -0.05) is 6.07 Å². The molecule has 3 nitrogen and oxygen atoms in total. The van der Waals surface area contributed by atoms with Crippen LogP contribution in [0, 0.1) is 0 Å². The smallest absolute Gasteiger partial charge is 0.123 e. The van der Waals surface area contributed by atoms with E-state index < -0.39 is 0 Å². The largest absolute Gasteiger partial charge is 0.507 e. The highest BCUT2D eigenvalue weighted by Gasteiger charge is 2.02. The van der Waals surface area contributed by atoms with E-state index in [-0.39, 0.29) is 5.75 Å². The van der Waals surface area contributed by atoms with Gasteiger partial charge in [-0.2, -0.15) is 11.8 Å². The maximum Gasteiger partial charge on any atom is 0.123 e. The minimum Gasteiger partial charge on any atom is -0.507 e. The summed E-state index contributed by atoms with van der Waals surface area (Å²) in [5.74, 6) is 2.14. The summed E-state index contributed by atoms with van der Waals surface area (Å²) in [6.45, 7) is 1.68. The molecular weight excluding hydrogens is 222 g/mol. The van der Waals surface area contributed by atoms with Crippen molar-refractivity contribution in [2.24, 2.45) is 0 Å². The van der Waals surface area contributed by atoms with Gasteiger partial charge in [0.1, 0.15) is 11.5 Å². The van der Waals surface area contributed by atoms with Crippen LogP contribution in [0.4, 0.5) is 0 Å². The number of phenols is 1. The summed E-state index contributed by atoms with van der Waals surface area (Å²) in [5.41, 5.74) is 0.907. The third kappa shape index (κ3) is 4.33. The van der Waals surface area contributed by atoms with Crippen molar-refractivity contribution in [3.63, 3.8) is 0 Å². The number of rotatable bonds is 7. The van der Waals surface area contributed by atoms with Crippen molar-refractivity contribution >= 4 is 11.8 Å². The Balaban J connectivity index is 2.36. The molecule has 0 amide bonds. The second kappa shape index (κ2) is 7.41. The Kier molecular flexibility index (Phi) is 6.11. The Bertz CT molecular complexity index is 318. The van der Waals surface area contributed by atoms with Crippen LogP contribution in [0.15, 0.2) is 18.2 Å². The van der Waals surface area contributed by atoms with E-state index in [4.69, 9.17) is 4.74 Å². The first-order valence-electron chi connectivity index (χ1n) is 5.33. The summed E-state index contributed by atoms with van der Waals surface area (Å²) in [6, 6.07) is 5.38. The van der Waals surface area contributed by atoms with Gasteiger partial charge in [-0.05, 0) is 31.0 Å². The van der Waals surface area contributed by atoms with Gasteiger partial charge >= 0.3 is 0 Å². The van der Waals surface area contributed by atoms with Crippen molar-refractivity contribution in [1.82, 2.24) is 5.32 Å². The SMILES string of the molecule is COc1ccc(CNCCCSC)c(O)c1. The van der Waals surface area contributed by atoms with Gasteiger partial charge < -0.3 is 15.2 Å². The molecule has 0 heterocycles. The lowest BCUT2D eigenvalue weighted by Crippen LogP contribution is -2.15. The normalized spacial score (nSPS) is 10.4. The summed E-state index contributed by atoms with van der Waals surface area (Å²) in [6.07, 6.45) is 3.26. The summed E-state index contributed by atoms with van der Waals surface area (Å²) < 4.78 is 5.02. The predicted octanol–water partition coefficient (Wildman–Crippen LogP) is 2.24. The Morgan fingerprint density at radius 2 is 2.25 bits per heavy atom. The molecule has 0 saturated carbocycles. The first-order chi connectivity index (χ1) is 7.77. The van der Waals surface area contributed by atoms with Crippen LogP contribution in [0.3, 0.4) is 0 Å². The molecule has 0 bridgehead atoms. The van der Waals surface area contributed by atoms with Crippen LogP contribution in [-0.2, 0) is 6.54 Å². The van der Waals surface area contributed by atoms with E-state index in [1.807, 2.05) is 23.9 Å². The summed E-state index contributed by atoms with van der Waals surface area (Å²) in [7, 11) is 1.59. The monoisotopic (exact) mass is 241 g/mol. The third-order valence-corrected chi connectivity index (χ3v) is 3.01. The molecule has 90 valence electrons. The summed E-state index contributed by atoms with van der Waals surface area (Å²) in [4.78, 5) is 0. The van der Waals surface area contributed by atoms with Crippen LogP contribution in [0.5, 0.6) is 11.5 Å². The second-order valence-electron chi connectivity index (χ2n) is 3.52. The minimum absolute atomic E-state index is 0.289. The van der Waals surface area contributed by atoms with Crippen molar-refractivity contribution in [3.8, 4) is 11.5 Å². The number of benzene rings is 1. The van der Waals surface area contributed by atoms with Gasteiger partial charge in [0.25, 0.3) is 0 Å². The number of phenolic OH excluding ortho intramolecular Hbond substituents is 1. The number of ether oxygens (including phenoxy) is 1. The van der Waals surface area contributed by atoms with E-state index in [9.17, 15) is 5.11 Å². The standard InChI is InChI=1S/C12H19NO2S/c1-15-11-5-4-10(12(14)8-11)9-13-6-3-7-16-2/h4-5,8,13-14H,3,6-7,9H2,1-2H3. The van der Waals surface area contributed by atoms with E-state index in [0.29, 0.717) is 12.3 Å². The molecule has 0 atom stereocenters. The highest BCUT2D eigenvalue weighted by molar-refractivity contribution is 7.98. The van der Waals surface area contributed by atoms with Gasteiger partial charge in [0, 0.05) is 18.2 Å². The van der Waals surface area contributed by atoms with E-state index in [1.165, 1.54) is 5.75 Å². The van der Waals surface area contributed by atoms with Crippen molar-refractivity contribution in [3.05, 3.63) is 23.8 Å². The first kappa shape index (κ1) is 13.2. The van der Waals surface area contributed by atoms with Crippen molar-refractivity contribution in [2.75, 3.05) is 25.7 Å². The van der Waals surface area contributed by atoms with Gasteiger partial charge in [0.15, 0.2) is 0 Å². The highest BCUT2D eigenvalue weighted by Crippen LogP contribution is 2.22. The zero-order chi connectivity index (χ0) is 11.8. The quantitative estimate of drug-likeness (QED) is 0.718. The average Bonchev–Trinajstić information content (AvgIpc) is 2.30. The van der Waals surface area contributed by atoms with Gasteiger partial charge in [0.05, 0.1) is 7.11 Å². The number of hydrogen-bond donors (Lipinski definition) is 2. The van der Waals surface area contributed by atoms with Crippen LogP contribution < -0.4 is 10.1 Å². The fourth-order valence-corrected chi connectivity index (χ4v) is 1.82. The van der Waals surface area contributed by atoms with Crippen molar-refractivity contribution in [2.45, 2.75) is 13.0 Å². The number of methoxy groups -OCH3 is 1. The molecule has 2 N–H and O–H groups in total. The van der Waals surface area contributed by atoms with E-state index in [2.05, 4.69) is 11.6 Å². The van der Waals surface area contributed by atoms with E-state index >= 15 is 0 Å². The molecule has 0 aliphatic heterocycles. The Morgan fingerprint density at radius 3 is 2.88 bits per heavy atom. The third-order valence-electron chi connectivity index (χ3n) is 2.31. The maximum absolute atomic E-state index is 9.70. The Morgan fingerprint density at radius 1 is 1.44 bits per heavy atom. The Hall–Kier alpha value is -0.870. The summed E-state index contributed by atoms with van der Waals surface area (Å²) >= 11 is 1.85. The molecule has 4 heteroatoms. The Labute approximate surface area is 101 Å². The molecular formula is C12H19NO2S. The lowest BCUT2D eigenvalue weighted by atomic mass is 10.2. The molecule has 16 heavy (non-hydrogen) atoms. The number of thioether (sulfide) groups is 1. The zero-order valence-electron chi connectivity index (χ0n) is 9.82. The lowest BCUT2D eigenvalue weighted by Gasteiger charge is -2.08. The van der Waals surface area contributed by atoms with Crippen molar-refractivity contribution in [1.29, 1.82) is 0 Å². The maximum atomic E-state index is 9.70. The molecule has 0 unspecified atom stereocenters. The van der Waals surface area contributed by atoms with Crippen LogP contribution in [0.2, 0.25) is 0 Å². The van der Waals surface area contributed by atoms with Gasteiger partial charge in [0.2, 0.25) is 0 Å². The molecule has 0 aliphatic carbocycles. The topological polar surface area (TPSA) is 41.5 Å². The van der Waals surface area contributed by atoms with Crippen LogP contribution >= 0.6 is 11.8 Å². The van der Waals surface area contributed by atoms with Gasteiger partial charge in [-0.15, -0.1) is 0 Å². The van der Waals surface area contributed by atoms with Gasteiger partial charge in [-0.25, -0.2) is 0 Å². The predicted molar refractivity (Wildman–Crippen MR) is 69.4 cm³/mol. The van der Waals surface area contributed by atoms with E-state index in [1.54, 1.807) is 13.2 Å². The fraction of sp³-hybridized carbons (Fsp3) is 0.500. The van der Waals surface area contributed by atoms with Crippen LogP contribution in [0.25, 0.3) is 0 Å². The molecule has 0 saturated heterocycles. The molecule has 0 spiro atoms.